The minimum Gasteiger partial charge on any atom is -0.481 e. The molecule has 0 radical (unpaired) electrons. The van der Waals surface area contributed by atoms with Gasteiger partial charge in [-0.05, 0) is 86.2 Å². The quantitative estimate of drug-likeness (QED) is 0.124. The molecule has 0 aliphatic carbocycles. The van der Waals surface area contributed by atoms with Gasteiger partial charge in [0.15, 0.2) is 0 Å². The van der Waals surface area contributed by atoms with Gasteiger partial charge in [0.25, 0.3) is 0 Å². The average Bonchev–Trinajstić information content (AvgIpc) is 3.05. The summed E-state index contributed by atoms with van der Waals surface area (Å²) >= 11 is 0. The first-order valence-electron chi connectivity index (χ1n) is 16.1. The monoisotopic (exact) mass is 593 g/mol. The molecule has 1 atom stereocenters. The maximum absolute atomic E-state index is 11.2. The van der Waals surface area contributed by atoms with Crippen molar-refractivity contribution in [2.24, 2.45) is 0 Å². The van der Waals surface area contributed by atoms with E-state index in [4.69, 9.17) is 4.98 Å². The van der Waals surface area contributed by atoms with E-state index in [1.807, 2.05) is 13.0 Å². The maximum atomic E-state index is 11.2. The summed E-state index contributed by atoms with van der Waals surface area (Å²) < 4.78 is 0. The Kier molecular flexibility index (Phi) is 13.8. The normalized spacial score (nSPS) is 12.8. The number of fused-ring (bicyclic) bond motifs is 1. The summed E-state index contributed by atoms with van der Waals surface area (Å²) in [6.45, 7) is 4.84. The molecule has 2 aromatic carbocycles. The highest BCUT2D eigenvalue weighted by Crippen LogP contribution is 2.26. The molecule has 0 saturated carbocycles. The molecule has 0 fully saturated rings. The molecule has 3 heterocycles. The Morgan fingerprint density at radius 2 is 1.59 bits per heavy atom. The van der Waals surface area contributed by atoms with Crippen molar-refractivity contribution >= 4 is 11.8 Å². The number of rotatable bonds is 15. The number of aromatic nitrogens is 3. The number of nitrogens with zero attached hydrogens (tertiary/aromatic N) is 3. The number of aliphatic carboxylic acids is 1. The van der Waals surface area contributed by atoms with Crippen molar-refractivity contribution in [3.8, 4) is 0 Å². The van der Waals surface area contributed by atoms with Gasteiger partial charge in [0.05, 0.1) is 6.42 Å². The lowest BCUT2D eigenvalue weighted by Gasteiger charge is -2.17. The highest BCUT2D eigenvalue weighted by Gasteiger charge is 2.16. The number of carbonyl (C=O) groups is 1. The van der Waals surface area contributed by atoms with E-state index in [0.717, 1.165) is 88.1 Å². The van der Waals surface area contributed by atoms with Gasteiger partial charge >= 0.3 is 5.97 Å². The summed E-state index contributed by atoms with van der Waals surface area (Å²) in [5.74, 6) is 1.01. The number of carboxylic acid groups (broad SMARTS) is 1. The molecular weight excluding hydrogens is 546 g/mol. The minimum atomic E-state index is -0.766. The molecule has 44 heavy (non-hydrogen) atoms. The highest BCUT2D eigenvalue weighted by molar-refractivity contribution is 5.68. The third-order valence-corrected chi connectivity index (χ3v) is 7.99. The van der Waals surface area contributed by atoms with Crippen LogP contribution in [0, 0.1) is 6.92 Å². The van der Waals surface area contributed by atoms with Crippen LogP contribution in [0.3, 0.4) is 0 Å². The number of anilines is 1. The number of nitrogens with one attached hydrogen (secondary N) is 2. The molecule has 0 amide bonds. The summed E-state index contributed by atoms with van der Waals surface area (Å²) in [6, 6.07) is 25.4. The topological polar surface area (TPSA) is 100 Å². The number of unbranched alkanes of at least 4 members (excludes halogenated alkanes) is 3. The average molecular weight is 594 g/mol. The Morgan fingerprint density at radius 1 is 0.886 bits per heavy atom. The van der Waals surface area contributed by atoms with Gasteiger partial charge in [-0.25, -0.2) is 15.0 Å². The summed E-state index contributed by atoms with van der Waals surface area (Å²) in [5, 5.41) is 16.0. The van der Waals surface area contributed by atoms with Gasteiger partial charge in [0, 0.05) is 31.2 Å². The molecule has 0 bridgehead atoms. The van der Waals surface area contributed by atoms with E-state index < -0.39 is 5.97 Å². The lowest BCUT2D eigenvalue weighted by atomic mass is 9.92. The first-order valence-corrected chi connectivity index (χ1v) is 16.1. The van der Waals surface area contributed by atoms with Crippen LogP contribution >= 0.6 is 0 Å². The molecule has 7 nitrogen and oxygen atoms in total. The Hall–Kier alpha value is -4.10. The molecule has 1 aliphatic rings. The van der Waals surface area contributed by atoms with Crippen molar-refractivity contribution in [2.75, 3.05) is 18.4 Å². The van der Waals surface area contributed by atoms with Crippen LogP contribution in [0.2, 0.25) is 0 Å². The van der Waals surface area contributed by atoms with Gasteiger partial charge in [-0.3, -0.25) is 4.79 Å². The molecule has 0 unspecified atom stereocenters. The van der Waals surface area contributed by atoms with E-state index in [2.05, 4.69) is 87.3 Å². The number of hydrogen-bond acceptors (Lipinski definition) is 6. The third kappa shape index (κ3) is 11.9. The fourth-order valence-corrected chi connectivity index (χ4v) is 5.48. The zero-order valence-electron chi connectivity index (χ0n) is 26.0. The second-order valence-electron chi connectivity index (χ2n) is 11.5. The number of aryl methyl sites for hydroxylation is 3. The van der Waals surface area contributed by atoms with E-state index in [1.165, 1.54) is 23.1 Å². The van der Waals surface area contributed by atoms with Crippen LogP contribution in [0.15, 0.2) is 85.2 Å². The number of carboxylic acids is 1. The van der Waals surface area contributed by atoms with Crippen LogP contribution in [0.5, 0.6) is 0 Å². The van der Waals surface area contributed by atoms with Crippen molar-refractivity contribution in [1.29, 1.82) is 0 Å². The predicted molar refractivity (Wildman–Crippen MR) is 178 cm³/mol. The molecule has 2 aromatic heterocycles. The van der Waals surface area contributed by atoms with Crippen molar-refractivity contribution in [3.05, 3.63) is 119 Å². The molecule has 232 valence electrons. The highest BCUT2D eigenvalue weighted by atomic mass is 16.4. The molecule has 0 spiro atoms. The fourth-order valence-electron chi connectivity index (χ4n) is 5.48. The zero-order chi connectivity index (χ0) is 30.8. The zero-order valence-corrected chi connectivity index (χ0v) is 26.0. The SMILES string of the molecule is Cc1ncc([C@@H](CCCCCCc2ccc3c(n2)NCCC3)CC(=O)O)cn1.c1ccc(CCNCc2ccccc2)cc1. The van der Waals surface area contributed by atoms with Crippen LogP contribution < -0.4 is 10.6 Å². The molecule has 1 aliphatic heterocycles. The summed E-state index contributed by atoms with van der Waals surface area (Å²) in [7, 11) is 0. The van der Waals surface area contributed by atoms with Crippen molar-refractivity contribution in [2.45, 2.75) is 83.6 Å². The van der Waals surface area contributed by atoms with Gasteiger partial charge in [-0.2, -0.15) is 0 Å². The van der Waals surface area contributed by atoms with Crippen molar-refractivity contribution in [1.82, 2.24) is 20.3 Å². The number of hydrogen-bond donors (Lipinski definition) is 3. The van der Waals surface area contributed by atoms with E-state index in [9.17, 15) is 9.90 Å². The Morgan fingerprint density at radius 3 is 2.32 bits per heavy atom. The Balaban J connectivity index is 0.000000233. The minimum absolute atomic E-state index is 0.00788. The summed E-state index contributed by atoms with van der Waals surface area (Å²) in [6.07, 6.45) is 13.3. The van der Waals surface area contributed by atoms with Gasteiger partial charge in [-0.1, -0.05) is 86.0 Å². The van der Waals surface area contributed by atoms with Crippen molar-refractivity contribution < 1.29 is 9.90 Å². The number of pyridine rings is 1. The van der Waals surface area contributed by atoms with Crippen molar-refractivity contribution in [3.63, 3.8) is 0 Å². The van der Waals surface area contributed by atoms with E-state index in [-0.39, 0.29) is 12.3 Å². The largest absolute Gasteiger partial charge is 0.481 e. The lowest BCUT2D eigenvalue weighted by Crippen LogP contribution is -2.16. The standard InChI is InChI=1S/C22H30N4O2.C15H17N/c1-16-24-14-19(15-25-16)18(13-21(27)28)7-4-2-3-5-9-20-11-10-17-8-6-12-23-22(17)26-20;1-3-7-14(8-4-1)11-12-16-13-15-9-5-2-6-10-15/h10-11,14-15,18H,2-9,12-13H2,1H3,(H,23,26)(H,27,28);1-10,16H,11-13H2/t18-;/m0./s1. The van der Waals surface area contributed by atoms with E-state index in [0.29, 0.717) is 5.82 Å². The summed E-state index contributed by atoms with van der Waals surface area (Å²) in [4.78, 5) is 24.4. The fraction of sp³-hybridized carbons (Fsp3) is 0.405. The van der Waals surface area contributed by atoms with Gasteiger partial charge in [-0.15, -0.1) is 0 Å². The molecule has 4 aromatic rings. The second kappa shape index (κ2) is 18.5. The molecule has 0 saturated heterocycles. The number of benzene rings is 2. The molecule has 7 heteroatoms. The van der Waals surface area contributed by atoms with Crippen LogP contribution in [-0.2, 0) is 30.6 Å². The first kappa shape index (κ1) is 32.8. The molecule has 3 N–H and O–H groups in total. The molecule has 5 rings (SSSR count). The van der Waals surface area contributed by atoms with Gasteiger partial charge in [0.1, 0.15) is 11.6 Å². The van der Waals surface area contributed by atoms with Crippen LogP contribution in [0.1, 0.15) is 84.6 Å². The maximum Gasteiger partial charge on any atom is 0.303 e. The third-order valence-electron chi connectivity index (χ3n) is 7.99. The first-order chi connectivity index (χ1) is 21.6. The lowest BCUT2D eigenvalue weighted by molar-refractivity contribution is -0.137. The second-order valence-corrected chi connectivity index (χ2v) is 11.5. The van der Waals surface area contributed by atoms with Gasteiger partial charge < -0.3 is 15.7 Å². The van der Waals surface area contributed by atoms with Gasteiger partial charge in [0.2, 0.25) is 0 Å². The van der Waals surface area contributed by atoms with E-state index in [1.54, 1.807) is 12.4 Å². The Labute approximate surface area is 262 Å². The van der Waals surface area contributed by atoms with Crippen LogP contribution in [0.4, 0.5) is 5.82 Å². The molecular formula is C37H47N5O2. The van der Waals surface area contributed by atoms with Crippen LogP contribution in [0.25, 0.3) is 0 Å². The Bertz CT molecular complexity index is 1340. The van der Waals surface area contributed by atoms with Crippen LogP contribution in [-0.4, -0.2) is 39.1 Å². The summed E-state index contributed by atoms with van der Waals surface area (Å²) in [5.41, 5.74) is 6.16. The smallest absolute Gasteiger partial charge is 0.303 e. The predicted octanol–water partition coefficient (Wildman–Crippen LogP) is 7.31. The van der Waals surface area contributed by atoms with E-state index >= 15 is 0 Å².